The van der Waals surface area contributed by atoms with E-state index in [1.807, 2.05) is 26.8 Å². The van der Waals surface area contributed by atoms with Crippen LogP contribution in [-0.4, -0.2) is 29.2 Å². The quantitative estimate of drug-likeness (QED) is 0.810. The van der Waals surface area contributed by atoms with E-state index >= 15 is 0 Å². The summed E-state index contributed by atoms with van der Waals surface area (Å²) in [5.74, 6) is -0.340. The van der Waals surface area contributed by atoms with Crippen LogP contribution in [0.4, 0.5) is 9.18 Å². The molecular weight excluding hydrogens is 351 g/mol. The zero-order valence-electron chi connectivity index (χ0n) is 13.1. The van der Waals surface area contributed by atoms with Crippen LogP contribution in [0.25, 0.3) is 0 Å². The summed E-state index contributed by atoms with van der Waals surface area (Å²) in [6, 6.07) is 4.38. The molecule has 0 aromatic heterocycles. The second-order valence-electron chi connectivity index (χ2n) is 6.68. The Bertz CT molecular complexity index is 539. The molecule has 1 aliphatic heterocycles. The molecule has 1 fully saturated rings. The Balaban J connectivity index is 2.29. The Morgan fingerprint density at radius 2 is 2.09 bits per heavy atom. The molecule has 0 aliphatic carbocycles. The van der Waals surface area contributed by atoms with Gasteiger partial charge in [0.25, 0.3) is 0 Å². The molecule has 0 saturated carbocycles. The van der Waals surface area contributed by atoms with Crippen LogP contribution in [0.1, 0.15) is 45.2 Å². The number of carbonyl (C=O) groups excluding carboxylic acids is 1. The number of amides is 1. The van der Waals surface area contributed by atoms with Crippen molar-refractivity contribution in [1.82, 2.24) is 4.90 Å². The maximum absolute atomic E-state index is 13.7. The Hall–Kier alpha value is -1.14. The monoisotopic (exact) mass is 372 g/mol. The highest BCUT2D eigenvalue weighted by Gasteiger charge is 2.34. The lowest BCUT2D eigenvalue weighted by Gasteiger charge is -2.39. The lowest BCUT2D eigenvalue weighted by Crippen LogP contribution is -2.46. The molecule has 22 heavy (non-hydrogen) atoms. The number of ether oxygens (including phenoxy) is 1. The van der Waals surface area contributed by atoms with Crippen molar-refractivity contribution in [3.63, 3.8) is 0 Å². The lowest BCUT2D eigenvalue weighted by molar-refractivity contribution is 0.00792. The van der Waals surface area contributed by atoms with E-state index in [1.54, 1.807) is 4.90 Å². The van der Waals surface area contributed by atoms with Crippen LogP contribution >= 0.6 is 15.9 Å². The molecular formula is C16H22BrFN2O2. The smallest absolute Gasteiger partial charge is 0.410 e. The summed E-state index contributed by atoms with van der Waals surface area (Å²) >= 11 is 3.29. The molecule has 0 radical (unpaired) electrons. The zero-order valence-corrected chi connectivity index (χ0v) is 14.7. The molecule has 1 aromatic rings. The average molecular weight is 373 g/mol. The van der Waals surface area contributed by atoms with E-state index in [0.717, 1.165) is 5.56 Å². The van der Waals surface area contributed by atoms with Crippen LogP contribution in [0.15, 0.2) is 22.7 Å². The van der Waals surface area contributed by atoms with Crippen LogP contribution in [0.3, 0.4) is 0 Å². The summed E-state index contributed by atoms with van der Waals surface area (Å²) in [4.78, 5) is 14.1. The molecule has 0 spiro atoms. The standard InChI is InChI=1S/C16H22BrFN2O2/c1-16(2,3)22-15(21)20-5-4-13(19)9-14(20)10-6-11(17)8-12(18)7-10/h6-8,13-14H,4-5,9,19H2,1-3H3. The van der Waals surface area contributed by atoms with Crippen LogP contribution in [0, 0.1) is 5.82 Å². The number of benzene rings is 1. The number of carbonyl (C=O) groups is 1. The first-order valence-corrected chi connectivity index (χ1v) is 8.16. The van der Waals surface area contributed by atoms with E-state index in [4.69, 9.17) is 10.5 Å². The fourth-order valence-electron chi connectivity index (χ4n) is 2.62. The highest BCUT2D eigenvalue weighted by Crippen LogP contribution is 2.33. The largest absolute Gasteiger partial charge is 0.444 e. The summed E-state index contributed by atoms with van der Waals surface area (Å²) in [6.45, 7) is 5.99. The van der Waals surface area contributed by atoms with Crippen molar-refractivity contribution >= 4 is 22.0 Å². The summed E-state index contributed by atoms with van der Waals surface area (Å²) in [7, 11) is 0. The predicted octanol–water partition coefficient (Wildman–Crippen LogP) is 3.99. The molecule has 4 nitrogen and oxygen atoms in total. The van der Waals surface area contributed by atoms with E-state index < -0.39 is 5.60 Å². The average Bonchev–Trinajstić information content (AvgIpc) is 2.35. The first-order valence-electron chi connectivity index (χ1n) is 7.37. The van der Waals surface area contributed by atoms with Gasteiger partial charge in [0.1, 0.15) is 11.4 Å². The van der Waals surface area contributed by atoms with Crippen molar-refractivity contribution in [3.05, 3.63) is 34.1 Å². The minimum absolute atomic E-state index is 0.00858. The number of piperidine rings is 1. The fraction of sp³-hybridized carbons (Fsp3) is 0.562. The maximum atomic E-state index is 13.7. The second kappa shape index (κ2) is 6.54. The SMILES string of the molecule is CC(C)(C)OC(=O)N1CCC(N)CC1c1cc(F)cc(Br)c1. The lowest BCUT2D eigenvalue weighted by atomic mass is 9.92. The first kappa shape index (κ1) is 17.2. The zero-order chi connectivity index (χ0) is 16.5. The van der Waals surface area contributed by atoms with E-state index in [0.29, 0.717) is 23.9 Å². The Kier molecular flexibility index (Phi) is 5.12. The molecule has 2 rings (SSSR count). The van der Waals surface area contributed by atoms with Gasteiger partial charge in [-0.1, -0.05) is 15.9 Å². The fourth-order valence-corrected chi connectivity index (χ4v) is 3.10. The summed E-state index contributed by atoms with van der Waals surface area (Å²) < 4.78 is 19.8. The highest BCUT2D eigenvalue weighted by molar-refractivity contribution is 9.10. The van der Waals surface area contributed by atoms with Crippen molar-refractivity contribution < 1.29 is 13.9 Å². The molecule has 1 aliphatic rings. The molecule has 2 atom stereocenters. The number of hydrogen-bond donors (Lipinski definition) is 1. The van der Waals surface area contributed by atoms with Gasteiger partial charge in [0.05, 0.1) is 6.04 Å². The second-order valence-corrected chi connectivity index (χ2v) is 7.59. The third-order valence-corrected chi connectivity index (χ3v) is 4.00. The number of nitrogens with zero attached hydrogens (tertiary/aromatic N) is 1. The number of rotatable bonds is 1. The summed E-state index contributed by atoms with van der Waals surface area (Å²) in [6.07, 6.45) is 0.922. The summed E-state index contributed by atoms with van der Waals surface area (Å²) in [5, 5.41) is 0. The van der Waals surface area contributed by atoms with E-state index in [1.165, 1.54) is 12.1 Å². The predicted molar refractivity (Wildman–Crippen MR) is 87.0 cm³/mol. The first-order chi connectivity index (χ1) is 10.2. The Morgan fingerprint density at radius 1 is 1.41 bits per heavy atom. The van der Waals surface area contributed by atoms with Gasteiger partial charge >= 0.3 is 6.09 Å². The molecule has 1 aromatic carbocycles. The van der Waals surface area contributed by atoms with Gasteiger partial charge in [0, 0.05) is 17.1 Å². The molecule has 1 saturated heterocycles. The molecule has 1 amide bonds. The van der Waals surface area contributed by atoms with Crippen LogP contribution in [0.2, 0.25) is 0 Å². The molecule has 6 heteroatoms. The molecule has 2 N–H and O–H groups in total. The van der Waals surface area contributed by atoms with Gasteiger partial charge in [0.15, 0.2) is 0 Å². The van der Waals surface area contributed by atoms with Gasteiger partial charge in [-0.15, -0.1) is 0 Å². The van der Waals surface area contributed by atoms with Crippen molar-refractivity contribution in [2.24, 2.45) is 5.73 Å². The Labute approximate surface area is 138 Å². The number of likely N-dealkylation sites (tertiary alicyclic amines) is 1. The van der Waals surface area contributed by atoms with Crippen molar-refractivity contribution in [3.8, 4) is 0 Å². The van der Waals surface area contributed by atoms with Gasteiger partial charge in [0.2, 0.25) is 0 Å². The van der Waals surface area contributed by atoms with Crippen molar-refractivity contribution in [2.75, 3.05) is 6.54 Å². The number of halogens is 2. The normalized spacial score (nSPS) is 22.5. The van der Waals surface area contributed by atoms with Crippen molar-refractivity contribution in [2.45, 2.75) is 51.3 Å². The van der Waals surface area contributed by atoms with Gasteiger partial charge in [-0.25, -0.2) is 9.18 Å². The summed E-state index contributed by atoms with van der Waals surface area (Å²) in [5.41, 5.74) is 6.21. The molecule has 122 valence electrons. The molecule has 0 bridgehead atoms. The van der Waals surface area contributed by atoms with Crippen molar-refractivity contribution in [1.29, 1.82) is 0 Å². The molecule has 1 heterocycles. The topological polar surface area (TPSA) is 55.6 Å². The van der Waals surface area contributed by atoms with Gasteiger partial charge < -0.3 is 15.4 Å². The molecule has 2 unspecified atom stereocenters. The van der Waals surface area contributed by atoms with Gasteiger partial charge in [-0.2, -0.15) is 0 Å². The van der Waals surface area contributed by atoms with Crippen LogP contribution in [0.5, 0.6) is 0 Å². The minimum Gasteiger partial charge on any atom is -0.444 e. The number of hydrogen-bond acceptors (Lipinski definition) is 3. The highest BCUT2D eigenvalue weighted by atomic mass is 79.9. The maximum Gasteiger partial charge on any atom is 0.410 e. The van der Waals surface area contributed by atoms with E-state index in [-0.39, 0.29) is 24.0 Å². The number of nitrogens with two attached hydrogens (primary N) is 1. The van der Waals surface area contributed by atoms with Gasteiger partial charge in [-0.3, -0.25) is 0 Å². The van der Waals surface area contributed by atoms with E-state index in [9.17, 15) is 9.18 Å². The van der Waals surface area contributed by atoms with Crippen LogP contribution in [-0.2, 0) is 4.74 Å². The van der Waals surface area contributed by atoms with Crippen LogP contribution < -0.4 is 5.73 Å². The third-order valence-electron chi connectivity index (χ3n) is 3.54. The minimum atomic E-state index is -0.566. The Morgan fingerprint density at radius 3 is 2.68 bits per heavy atom. The van der Waals surface area contributed by atoms with E-state index in [2.05, 4.69) is 15.9 Å². The van der Waals surface area contributed by atoms with Gasteiger partial charge in [-0.05, 0) is 57.4 Å². The third kappa shape index (κ3) is 4.43.